The molecule has 7 nitrogen and oxygen atoms in total. The van der Waals surface area contributed by atoms with Crippen LogP contribution in [0.1, 0.15) is 50.7 Å². The molecule has 2 N–H and O–H groups in total. The van der Waals surface area contributed by atoms with Gasteiger partial charge in [0.25, 0.3) is 0 Å². The molecule has 1 unspecified atom stereocenters. The summed E-state index contributed by atoms with van der Waals surface area (Å²) in [6, 6.07) is 5.23. The summed E-state index contributed by atoms with van der Waals surface area (Å²) in [5.41, 5.74) is 0.754. The summed E-state index contributed by atoms with van der Waals surface area (Å²) >= 11 is 0. The Morgan fingerprint density at radius 2 is 1.94 bits per heavy atom. The fraction of sp³-hybridized carbons (Fsp3) is 0.708. The van der Waals surface area contributed by atoms with Crippen molar-refractivity contribution in [1.29, 1.82) is 0 Å². The van der Waals surface area contributed by atoms with E-state index in [2.05, 4.69) is 22.0 Å². The lowest BCUT2D eigenvalue weighted by Crippen LogP contribution is -2.48. The number of fused-ring (bicyclic) bond motifs is 1. The van der Waals surface area contributed by atoms with Crippen LogP contribution in [0.2, 0.25) is 0 Å². The molecule has 1 amide bonds. The maximum atomic E-state index is 13.1. The highest BCUT2D eigenvalue weighted by Gasteiger charge is 2.33. The summed E-state index contributed by atoms with van der Waals surface area (Å²) in [6.07, 6.45) is 4.80. The van der Waals surface area contributed by atoms with Crippen molar-refractivity contribution in [3.8, 4) is 11.5 Å². The zero-order valence-electron chi connectivity index (χ0n) is 18.7. The molecule has 0 spiro atoms. The van der Waals surface area contributed by atoms with Crippen molar-refractivity contribution in [2.45, 2.75) is 51.2 Å². The van der Waals surface area contributed by atoms with Crippen LogP contribution in [-0.2, 0) is 4.79 Å². The molecular weight excluding hydrogens is 394 g/mol. The van der Waals surface area contributed by atoms with Gasteiger partial charge in [0, 0.05) is 13.1 Å². The molecule has 0 bridgehead atoms. The number of likely N-dealkylation sites (tertiary alicyclic amines) is 2. The average molecular weight is 432 g/mol. The first-order chi connectivity index (χ1) is 15.1. The van der Waals surface area contributed by atoms with Crippen LogP contribution in [-0.4, -0.2) is 79.3 Å². The van der Waals surface area contributed by atoms with Crippen LogP contribution < -0.4 is 14.8 Å². The first-order valence-electron chi connectivity index (χ1n) is 12.0. The number of amides is 1. The Bertz CT molecular complexity index is 738. The standard InChI is InChI=1S/C24H37N3O4/c1-2-3-9-27-12-8-19(16-27)24(29)25-20(17-26-10-4-5-11-26)23(28)18-6-7-21-22(15-18)31-14-13-30-21/h6-7,15,19-20,23,28H,2-5,8-14,16-17H2,1H3,(H,25,29)/t19?,20-,23-/m1/s1. The Kier molecular flexibility index (Phi) is 7.69. The predicted molar refractivity (Wildman–Crippen MR) is 119 cm³/mol. The molecule has 7 heteroatoms. The molecule has 0 radical (unpaired) electrons. The Morgan fingerprint density at radius 1 is 1.16 bits per heavy atom. The van der Waals surface area contributed by atoms with Gasteiger partial charge in [0.05, 0.1) is 12.0 Å². The Balaban J connectivity index is 1.43. The second-order valence-corrected chi connectivity index (χ2v) is 9.11. The lowest BCUT2D eigenvalue weighted by molar-refractivity contribution is -0.126. The van der Waals surface area contributed by atoms with E-state index in [4.69, 9.17) is 9.47 Å². The minimum Gasteiger partial charge on any atom is -0.486 e. The number of carbonyl (C=O) groups is 1. The molecule has 1 aromatic carbocycles. The highest BCUT2D eigenvalue weighted by molar-refractivity contribution is 5.79. The van der Waals surface area contributed by atoms with Gasteiger partial charge >= 0.3 is 0 Å². The molecule has 1 aromatic rings. The molecule has 3 aliphatic rings. The maximum Gasteiger partial charge on any atom is 0.224 e. The topological polar surface area (TPSA) is 74.3 Å². The van der Waals surface area contributed by atoms with Crippen molar-refractivity contribution in [1.82, 2.24) is 15.1 Å². The number of aliphatic hydroxyl groups is 1. The van der Waals surface area contributed by atoms with E-state index in [1.165, 1.54) is 25.7 Å². The summed E-state index contributed by atoms with van der Waals surface area (Å²) in [6.45, 7) is 8.83. The van der Waals surface area contributed by atoms with E-state index < -0.39 is 6.10 Å². The van der Waals surface area contributed by atoms with Crippen LogP contribution in [0.4, 0.5) is 0 Å². The van der Waals surface area contributed by atoms with Crippen molar-refractivity contribution in [3.63, 3.8) is 0 Å². The van der Waals surface area contributed by atoms with Crippen molar-refractivity contribution in [2.24, 2.45) is 5.92 Å². The smallest absolute Gasteiger partial charge is 0.224 e. The summed E-state index contributed by atoms with van der Waals surface area (Å²) in [4.78, 5) is 17.8. The van der Waals surface area contributed by atoms with Crippen molar-refractivity contribution in [3.05, 3.63) is 23.8 Å². The Labute approximate surface area is 185 Å². The SMILES string of the molecule is CCCCN1CCC(C(=O)N[C@H](CN2CCCC2)[C@H](O)c2ccc3c(c2)OCCO3)C1. The number of aliphatic hydroxyl groups excluding tert-OH is 1. The van der Waals surface area contributed by atoms with Crippen LogP contribution in [0.15, 0.2) is 18.2 Å². The third-order valence-corrected chi connectivity index (χ3v) is 6.74. The van der Waals surface area contributed by atoms with Crippen LogP contribution in [0.5, 0.6) is 11.5 Å². The number of unbranched alkanes of at least 4 members (excludes halogenated alkanes) is 1. The Hall–Kier alpha value is -1.83. The normalized spacial score (nSPS) is 23.6. The van der Waals surface area contributed by atoms with Crippen molar-refractivity contribution in [2.75, 3.05) is 52.5 Å². The molecule has 2 saturated heterocycles. The van der Waals surface area contributed by atoms with Crippen LogP contribution in [0.3, 0.4) is 0 Å². The zero-order chi connectivity index (χ0) is 21.6. The quantitative estimate of drug-likeness (QED) is 0.624. The average Bonchev–Trinajstić information content (AvgIpc) is 3.48. The van der Waals surface area contributed by atoms with Crippen LogP contribution >= 0.6 is 0 Å². The summed E-state index contributed by atoms with van der Waals surface area (Å²) in [7, 11) is 0. The fourth-order valence-corrected chi connectivity index (χ4v) is 4.88. The number of nitrogens with zero attached hydrogens (tertiary/aromatic N) is 2. The maximum absolute atomic E-state index is 13.1. The van der Waals surface area contributed by atoms with Gasteiger partial charge in [-0.1, -0.05) is 19.4 Å². The predicted octanol–water partition coefficient (Wildman–Crippen LogP) is 2.19. The second kappa shape index (κ2) is 10.7. The molecule has 3 heterocycles. The molecule has 0 aliphatic carbocycles. The van der Waals surface area contributed by atoms with Gasteiger partial charge in [-0.25, -0.2) is 0 Å². The van der Waals surface area contributed by atoms with E-state index in [-0.39, 0.29) is 17.9 Å². The molecule has 3 atom stereocenters. The van der Waals surface area contributed by atoms with Gasteiger partial charge < -0.3 is 29.7 Å². The number of rotatable bonds is 9. The molecule has 31 heavy (non-hydrogen) atoms. The number of carbonyl (C=O) groups excluding carboxylic acids is 1. The minimum absolute atomic E-state index is 0.00500. The number of hydrogen-bond acceptors (Lipinski definition) is 6. The molecule has 0 saturated carbocycles. The van der Waals surface area contributed by atoms with Gasteiger partial charge in [0.1, 0.15) is 19.3 Å². The molecule has 172 valence electrons. The fourth-order valence-electron chi connectivity index (χ4n) is 4.88. The summed E-state index contributed by atoms with van der Waals surface area (Å²) < 4.78 is 11.3. The molecule has 2 fully saturated rings. The summed E-state index contributed by atoms with van der Waals surface area (Å²) in [5.74, 6) is 1.45. The molecule has 0 aromatic heterocycles. The van der Waals surface area contributed by atoms with Crippen LogP contribution in [0.25, 0.3) is 0 Å². The van der Waals surface area contributed by atoms with E-state index in [1.807, 2.05) is 18.2 Å². The van der Waals surface area contributed by atoms with Gasteiger partial charge in [-0.3, -0.25) is 4.79 Å². The van der Waals surface area contributed by atoms with Gasteiger partial charge in [0.15, 0.2) is 11.5 Å². The number of benzene rings is 1. The minimum atomic E-state index is -0.794. The van der Waals surface area contributed by atoms with E-state index in [1.54, 1.807) is 0 Å². The van der Waals surface area contributed by atoms with Crippen molar-refractivity contribution < 1.29 is 19.4 Å². The molecular formula is C24H37N3O4. The first-order valence-corrected chi connectivity index (χ1v) is 12.0. The number of nitrogens with one attached hydrogen (secondary N) is 1. The van der Waals surface area contributed by atoms with Gasteiger partial charge in [-0.2, -0.15) is 0 Å². The van der Waals surface area contributed by atoms with Crippen LogP contribution in [0, 0.1) is 5.92 Å². The van der Waals surface area contributed by atoms with E-state index in [0.29, 0.717) is 31.3 Å². The highest BCUT2D eigenvalue weighted by atomic mass is 16.6. The zero-order valence-corrected chi connectivity index (χ0v) is 18.7. The third kappa shape index (κ3) is 5.70. The Morgan fingerprint density at radius 3 is 2.71 bits per heavy atom. The van der Waals surface area contributed by atoms with Gasteiger partial charge in [0.2, 0.25) is 5.91 Å². The van der Waals surface area contributed by atoms with E-state index >= 15 is 0 Å². The van der Waals surface area contributed by atoms with Gasteiger partial charge in [-0.15, -0.1) is 0 Å². The molecule has 3 aliphatic heterocycles. The highest BCUT2D eigenvalue weighted by Crippen LogP contribution is 2.33. The summed E-state index contributed by atoms with van der Waals surface area (Å²) in [5, 5.41) is 14.5. The third-order valence-electron chi connectivity index (χ3n) is 6.74. The molecule has 4 rings (SSSR count). The van der Waals surface area contributed by atoms with Crippen molar-refractivity contribution >= 4 is 5.91 Å². The van der Waals surface area contributed by atoms with E-state index in [9.17, 15) is 9.90 Å². The lowest BCUT2D eigenvalue weighted by Gasteiger charge is -2.30. The monoisotopic (exact) mass is 431 g/mol. The number of hydrogen-bond donors (Lipinski definition) is 2. The largest absolute Gasteiger partial charge is 0.486 e. The number of ether oxygens (including phenoxy) is 2. The first kappa shape index (κ1) is 22.4. The van der Waals surface area contributed by atoms with E-state index in [0.717, 1.165) is 44.7 Å². The second-order valence-electron chi connectivity index (χ2n) is 9.11. The lowest BCUT2D eigenvalue weighted by atomic mass is 9.99. The van der Waals surface area contributed by atoms with Gasteiger partial charge in [-0.05, 0) is 69.6 Å².